The van der Waals surface area contributed by atoms with Crippen LogP contribution in [0.4, 0.5) is 11.6 Å². The molecule has 1 aromatic carbocycles. The van der Waals surface area contributed by atoms with Crippen LogP contribution in [0.3, 0.4) is 0 Å². The van der Waals surface area contributed by atoms with Gasteiger partial charge in [0.2, 0.25) is 6.79 Å². The monoisotopic (exact) mass is 305 g/mol. The largest absolute Gasteiger partial charge is 0.454 e. The summed E-state index contributed by atoms with van der Waals surface area (Å²) >= 11 is 0. The van der Waals surface area contributed by atoms with Gasteiger partial charge in [-0.3, -0.25) is 10.1 Å². The lowest BCUT2D eigenvalue weighted by Gasteiger charge is -2.01. The molecular weight excluding hydrogens is 294 g/mol. The van der Waals surface area contributed by atoms with Gasteiger partial charge in [-0.2, -0.15) is 5.10 Å². The van der Waals surface area contributed by atoms with E-state index in [1.165, 1.54) is 23.0 Å². The average Bonchev–Trinajstić information content (AvgIpc) is 3.07. The Balaban J connectivity index is 1.86. The number of nitrogens with two attached hydrogens (primary N) is 1. The second-order valence-corrected chi connectivity index (χ2v) is 4.33. The van der Waals surface area contributed by atoms with Crippen LogP contribution in [0.15, 0.2) is 17.2 Å². The highest BCUT2D eigenvalue weighted by Crippen LogP contribution is 2.37. The summed E-state index contributed by atoms with van der Waals surface area (Å²) < 4.78 is 11.5. The Hall–Kier alpha value is -3.37. The summed E-state index contributed by atoms with van der Waals surface area (Å²) in [6, 6.07) is 2.77. The number of anilines is 1. The summed E-state index contributed by atoms with van der Waals surface area (Å²) in [5.41, 5.74) is 2.65. The first-order valence-corrected chi connectivity index (χ1v) is 6.10. The maximum Gasteiger partial charge on any atom is 0.282 e. The highest BCUT2D eigenvalue weighted by molar-refractivity contribution is 5.87. The minimum Gasteiger partial charge on any atom is -0.454 e. The summed E-state index contributed by atoms with van der Waals surface area (Å²) in [6.07, 6.45) is 1.27. The topological polar surface area (TPSA) is 143 Å². The summed E-state index contributed by atoms with van der Waals surface area (Å²) in [6.45, 7) is 1.70. The zero-order chi connectivity index (χ0) is 15.7. The molecule has 0 spiro atoms. The number of nitro benzene ring substituents is 1. The molecule has 3 rings (SSSR count). The number of aryl methyl sites for hydroxylation is 1. The summed E-state index contributed by atoms with van der Waals surface area (Å²) in [4.78, 5) is 10.6. The third-order valence-corrected chi connectivity index (χ3v) is 2.95. The van der Waals surface area contributed by atoms with Crippen LogP contribution >= 0.6 is 0 Å². The predicted octanol–water partition coefficient (Wildman–Crippen LogP) is 0.383. The van der Waals surface area contributed by atoms with Crippen LogP contribution in [0, 0.1) is 17.0 Å². The molecule has 2 aromatic rings. The zero-order valence-corrected chi connectivity index (χ0v) is 11.4. The third-order valence-electron chi connectivity index (χ3n) is 2.95. The lowest BCUT2D eigenvalue weighted by Crippen LogP contribution is -2.13. The number of nitrogen functional groups attached to an aromatic ring is 1. The van der Waals surface area contributed by atoms with E-state index in [4.69, 9.17) is 15.3 Å². The van der Waals surface area contributed by atoms with Crippen LogP contribution in [0.1, 0.15) is 11.4 Å². The standard InChI is InChI=1S/C11H11N7O4/c1-6-14-16-11(17(6)12)15-13-4-7-2-9-10(22-5-21-9)3-8(7)18(19)20/h2-4H,5,12H2,1H3,(H,15,16). The highest BCUT2D eigenvalue weighted by atomic mass is 16.7. The van der Waals surface area contributed by atoms with E-state index in [1.807, 2.05) is 0 Å². The fourth-order valence-corrected chi connectivity index (χ4v) is 1.81. The van der Waals surface area contributed by atoms with Crippen molar-refractivity contribution in [3.63, 3.8) is 0 Å². The van der Waals surface area contributed by atoms with Gasteiger partial charge < -0.3 is 15.3 Å². The average molecular weight is 305 g/mol. The van der Waals surface area contributed by atoms with Crippen LogP contribution in [-0.4, -0.2) is 32.8 Å². The molecule has 0 atom stereocenters. The first-order valence-electron chi connectivity index (χ1n) is 6.10. The lowest BCUT2D eigenvalue weighted by molar-refractivity contribution is -0.385. The molecule has 3 N–H and O–H groups in total. The minimum absolute atomic E-state index is 0.0287. The number of hydrogen-bond acceptors (Lipinski definition) is 9. The summed E-state index contributed by atoms with van der Waals surface area (Å²) in [7, 11) is 0. The molecule has 1 aliphatic heterocycles. The molecule has 11 heteroatoms. The number of hydrazone groups is 1. The number of fused-ring (bicyclic) bond motifs is 1. The van der Waals surface area contributed by atoms with E-state index in [-0.39, 0.29) is 24.0 Å². The van der Waals surface area contributed by atoms with E-state index in [0.717, 1.165) is 0 Å². The molecule has 11 nitrogen and oxygen atoms in total. The number of nitrogens with zero attached hydrogens (tertiary/aromatic N) is 5. The van der Waals surface area contributed by atoms with E-state index in [0.29, 0.717) is 17.3 Å². The molecule has 0 amide bonds. The Morgan fingerprint density at radius 2 is 2.18 bits per heavy atom. The number of rotatable bonds is 4. The molecular formula is C11H11N7O4. The van der Waals surface area contributed by atoms with Gasteiger partial charge >= 0.3 is 0 Å². The van der Waals surface area contributed by atoms with Gasteiger partial charge in [0.25, 0.3) is 11.6 Å². The number of ether oxygens (including phenoxy) is 2. The molecule has 0 saturated heterocycles. The quantitative estimate of drug-likeness (QED) is 0.357. The van der Waals surface area contributed by atoms with E-state index < -0.39 is 4.92 Å². The van der Waals surface area contributed by atoms with Gasteiger partial charge in [0.15, 0.2) is 17.3 Å². The molecule has 22 heavy (non-hydrogen) atoms. The number of benzene rings is 1. The Labute approximate surface area is 123 Å². The molecule has 0 unspecified atom stereocenters. The number of nitro groups is 1. The van der Waals surface area contributed by atoms with Crippen LogP contribution in [0.25, 0.3) is 0 Å². The minimum atomic E-state index is -0.529. The van der Waals surface area contributed by atoms with Crippen LogP contribution in [-0.2, 0) is 0 Å². The molecule has 2 heterocycles. The van der Waals surface area contributed by atoms with Crippen molar-refractivity contribution in [2.45, 2.75) is 6.92 Å². The molecule has 0 radical (unpaired) electrons. The molecule has 1 aromatic heterocycles. The van der Waals surface area contributed by atoms with Crippen LogP contribution in [0.2, 0.25) is 0 Å². The van der Waals surface area contributed by atoms with E-state index >= 15 is 0 Å². The van der Waals surface area contributed by atoms with Crippen molar-refractivity contribution in [3.8, 4) is 11.5 Å². The first-order chi connectivity index (χ1) is 10.6. The van der Waals surface area contributed by atoms with Gasteiger partial charge in [-0.15, -0.1) is 10.2 Å². The Bertz CT molecular complexity index is 770. The van der Waals surface area contributed by atoms with Crippen molar-refractivity contribution in [1.82, 2.24) is 14.9 Å². The second-order valence-electron chi connectivity index (χ2n) is 4.33. The van der Waals surface area contributed by atoms with Crippen molar-refractivity contribution < 1.29 is 14.4 Å². The molecule has 1 aliphatic rings. The van der Waals surface area contributed by atoms with Gasteiger partial charge in [0.05, 0.1) is 22.8 Å². The van der Waals surface area contributed by atoms with E-state index in [9.17, 15) is 10.1 Å². The zero-order valence-electron chi connectivity index (χ0n) is 11.4. The van der Waals surface area contributed by atoms with Crippen LogP contribution in [0.5, 0.6) is 11.5 Å². The summed E-state index contributed by atoms with van der Waals surface area (Å²) in [5.74, 6) is 7.09. The van der Waals surface area contributed by atoms with E-state index in [2.05, 4.69) is 20.7 Å². The van der Waals surface area contributed by atoms with Crippen molar-refractivity contribution in [1.29, 1.82) is 0 Å². The molecule has 0 aliphatic carbocycles. The maximum absolute atomic E-state index is 11.1. The number of aromatic nitrogens is 3. The van der Waals surface area contributed by atoms with Crippen molar-refractivity contribution in [2.75, 3.05) is 18.1 Å². The summed E-state index contributed by atoms with van der Waals surface area (Å²) in [5, 5.41) is 22.5. The Morgan fingerprint density at radius 3 is 2.82 bits per heavy atom. The number of nitrogens with one attached hydrogen (secondary N) is 1. The van der Waals surface area contributed by atoms with E-state index in [1.54, 1.807) is 6.92 Å². The predicted molar refractivity (Wildman–Crippen MR) is 75.3 cm³/mol. The van der Waals surface area contributed by atoms with Gasteiger partial charge in [-0.25, -0.2) is 10.1 Å². The van der Waals surface area contributed by atoms with Crippen molar-refractivity contribution in [3.05, 3.63) is 33.6 Å². The third kappa shape index (κ3) is 2.34. The second kappa shape index (κ2) is 5.20. The van der Waals surface area contributed by atoms with Gasteiger partial charge in [0.1, 0.15) is 0 Å². The van der Waals surface area contributed by atoms with Gasteiger partial charge in [-0.1, -0.05) is 0 Å². The first kappa shape index (κ1) is 13.6. The fourth-order valence-electron chi connectivity index (χ4n) is 1.81. The molecule has 0 fully saturated rings. The fraction of sp³-hybridized carbons (Fsp3) is 0.182. The van der Waals surface area contributed by atoms with Crippen molar-refractivity contribution in [2.24, 2.45) is 5.10 Å². The molecule has 114 valence electrons. The Morgan fingerprint density at radius 1 is 1.45 bits per heavy atom. The Kier molecular flexibility index (Phi) is 3.21. The number of hydrogen-bond donors (Lipinski definition) is 2. The molecule has 0 bridgehead atoms. The smallest absolute Gasteiger partial charge is 0.282 e. The normalized spacial score (nSPS) is 12.8. The SMILES string of the molecule is Cc1nnc(NN=Cc2cc3c(cc2[N+](=O)[O-])OCO3)n1N. The highest BCUT2D eigenvalue weighted by Gasteiger charge is 2.22. The lowest BCUT2D eigenvalue weighted by atomic mass is 10.1. The van der Waals surface area contributed by atoms with Crippen LogP contribution < -0.4 is 20.7 Å². The maximum atomic E-state index is 11.1. The molecule has 0 saturated carbocycles. The van der Waals surface area contributed by atoms with Gasteiger partial charge in [0, 0.05) is 0 Å². The van der Waals surface area contributed by atoms with Gasteiger partial charge in [-0.05, 0) is 13.0 Å². The van der Waals surface area contributed by atoms with Crippen molar-refractivity contribution >= 4 is 17.9 Å².